The lowest BCUT2D eigenvalue weighted by molar-refractivity contribution is 0.163. The second-order valence-electron chi connectivity index (χ2n) is 7.27. The summed E-state index contributed by atoms with van der Waals surface area (Å²) >= 11 is 0. The summed E-state index contributed by atoms with van der Waals surface area (Å²) in [4.78, 5) is 7.46. The highest BCUT2D eigenvalue weighted by Crippen LogP contribution is 2.42. The van der Waals surface area contributed by atoms with Crippen LogP contribution in [0.2, 0.25) is 0 Å². The zero-order valence-electron chi connectivity index (χ0n) is 15.9. The number of nitrogens with one attached hydrogen (secondary N) is 1. The minimum Gasteiger partial charge on any atom is -0.381 e. The summed E-state index contributed by atoms with van der Waals surface area (Å²) in [7, 11) is -3.49. The maximum atomic E-state index is 12.0. The number of nitrogens with zero attached hydrogens (tertiary/aromatic N) is 5. The molecule has 0 saturated heterocycles. The van der Waals surface area contributed by atoms with Crippen molar-refractivity contribution in [3.63, 3.8) is 0 Å². The Morgan fingerprint density at radius 3 is 3.07 bits per heavy atom. The summed E-state index contributed by atoms with van der Waals surface area (Å²) in [6, 6.07) is 1.96. The van der Waals surface area contributed by atoms with Crippen LogP contribution in [0.3, 0.4) is 0 Å². The van der Waals surface area contributed by atoms with Crippen molar-refractivity contribution < 1.29 is 13.2 Å². The minimum atomic E-state index is -3.49. The number of sulfonamides is 1. The van der Waals surface area contributed by atoms with E-state index in [2.05, 4.69) is 31.5 Å². The molecule has 1 aliphatic carbocycles. The molecule has 3 atom stereocenters. The number of aromatic nitrogens is 5. The average Bonchev–Trinajstić information content (AvgIpc) is 3.37. The molecule has 0 amide bonds. The molecule has 1 unspecified atom stereocenters. The van der Waals surface area contributed by atoms with Crippen molar-refractivity contribution in [2.24, 2.45) is 16.2 Å². The second kappa shape index (κ2) is 7.59. The Bertz CT molecular complexity index is 1100. The highest BCUT2D eigenvalue weighted by atomic mass is 32.2. The molecule has 1 fully saturated rings. The van der Waals surface area contributed by atoms with Gasteiger partial charge < -0.3 is 9.72 Å². The van der Waals surface area contributed by atoms with Crippen molar-refractivity contribution in [3.05, 3.63) is 24.3 Å². The van der Waals surface area contributed by atoms with Gasteiger partial charge in [-0.05, 0) is 37.7 Å². The average molecular weight is 404 g/mol. The lowest BCUT2D eigenvalue weighted by Gasteiger charge is -2.13. The molecule has 0 radical (unpaired) electrons. The van der Waals surface area contributed by atoms with Crippen LogP contribution in [0.15, 0.2) is 22.9 Å². The van der Waals surface area contributed by atoms with Crippen molar-refractivity contribution in [2.75, 3.05) is 19.0 Å². The summed E-state index contributed by atoms with van der Waals surface area (Å²) in [6.45, 7) is 4.67. The second-order valence-corrected chi connectivity index (χ2v) is 9.06. The van der Waals surface area contributed by atoms with Gasteiger partial charge in [-0.2, -0.15) is 4.40 Å². The van der Waals surface area contributed by atoms with Gasteiger partial charge >= 0.3 is 0 Å². The lowest BCUT2D eigenvalue weighted by Crippen LogP contribution is -2.11. The van der Waals surface area contributed by atoms with Crippen LogP contribution >= 0.6 is 0 Å². The lowest BCUT2D eigenvalue weighted by atomic mass is 9.97. The van der Waals surface area contributed by atoms with Crippen LogP contribution in [-0.4, -0.2) is 58.2 Å². The van der Waals surface area contributed by atoms with Crippen LogP contribution in [0.5, 0.6) is 0 Å². The fourth-order valence-corrected chi connectivity index (χ4v) is 4.75. The van der Waals surface area contributed by atoms with Crippen molar-refractivity contribution >= 4 is 33.0 Å². The van der Waals surface area contributed by atoms with Crippen LogP contribution in [0, 0.1) is 11.8 Å². The number of hydrogen-bond acceptors (Lipinski definition) is 6. The van der Waals surface area contributed by atoms with Gasteiger partial charge in [0.15, 0.2) is 11.3 Å². The minimum absolute atomic E-state index is 0.0870. The number of rotatable bonds is 7. The molecule has 1 aliphatic rings. The molecule has 1 N–H and O–H groups in total. The molecule has 10 heteroatoms. The van der Waals surface area contributed by atoms with Gasteiger partial charge in [-0.15, -0.1) is 10.2 Å². The van der Waals surface area contributed by atoms with Crippen LogP contribution in [0.1, 0.15) is 38.4 Å². The zero-order chi connectivity index (χ0) is 19.7. The van der Waals surface area contributed by atoms with Gasteiger partial charge in [0.1, 0.15) is 5.82 Å². The van der Waals surface area contributed by atoms with E-state index in [1.807, 2.05) is 23.6 Å². The molecule has 0 spiro atoms. The standard InChI is InChI=1S/C18H24N6O3S/c1-3-27-6-7-28(25,26)21-10-13-8-12(2)14(9-13)18-23-22-16-11-20-17-15(24(16)18)4-5-19-17/h4-5,10-14,19H,3,6-9H2,1-2H3/t12-,13?,14+/m1/s1. The molecule has 28 heavy (non-hydrogen) atoms. The summed E-state index contributed by atoms with van der Waals surface area (Å²) in [5.74, 6) is 1.42. The third kappa shape index (κ3) is 3.66. The largest absolute Gasteiger partial charge is 0.381 e. The Kier molecular flexibility index (Phi) is 5.15. The Morgan fingerprint density at radius 2 is 2.25 bits per heavy atom. The molecule has 0 aromatic carbocycles. The predicted octanol–water partition coefficient (Wildman–Crippen LogP) is 2.17. The number of fused-ring (bicyclic) bond motifs is 3. The molecular weight excluding hydrogens is 380 g/mol. The first kappa shape index (κ1) is 19.0. The number of ether oxygens (including phenoxy) is 1. The topological polar surface area (TPSA) is 115 Å². The third-order valence-corrected chi connectivity index (χ3v) is 6.46. The molecule has 3 aromatic heterocycles. The smallest absolute Gasteiger partial charge is 0.255 e. The van der Waals surface area contributed by atoms with Crippen molar-refractivity contribution in [1.82, 2.24) is 24.6 Å². The maximum absolute atomic E-state index is 12.0. The molecule has 0 aliphatic heterocycles. The van der Waals surface area contributed by atoms with Gasteiger partial charge in [-0.1, -0.05) is 6.92 Å². The molecule has 0 bridgehead atoms. The van der Waals surface area contributed by atoms with E-state index < -0.39 is 10.0 Å². The SMILES string of the molecule is CCOCCS(=O)(=O)N=CC1C[C@@H](C)[C@@H](c2nnc3cnc4[nH]ccc4n23)C1. The Hall–Kier alpha value is -2.33. The van der Waals surface area contributed by atoms with E-state index in [1.165, 1.54) is 0 Å². The third-order valence-electron chi connectivity index (χ3n) is 5.34. The summed E-state index contributed by atoms with van der Waals surface area (Å²) < 4.78 is 35.1. The van der Waals surface area contributed by atoms with E-state index in [-0.39, 0.29) is 24.2 Å². The van der Waals surface area contributed by atoms with E-state index >= 15 is 0 Å². The van der Waals surface area contributed by atoms with Crippen molar-refractivity contribution in [1.29, 1.82) is 0 Å². The van der Waals surface area contributed by atoms with Gasteiger partial charge in [-0.25, -0.2) is 13.4 Å². The quantitative estimate of drug-likeness (QED) is 0.477. The van der Waals surface area contributed by atoms with Gasteiger partial charge in [0, 0.05) is 24.9 Å². The van der Waals surface area contributed by atoms with E-state index in [0.717, 1.165) is 29.8 Å². The first-order valence-electron chi connectivity index (χ1n) is 9.51. The van der Waals surface area contributed by atoms with E-state index in [9.17, 15) is 8.42 Å². The Morgan fingerprint density at radius 1 is 1.39 bits per heavy atom. The summed E-state index contributed by atoms with van der Waals surface area (Å²) in [5.41, 5.74) is 2.45. The molecular formula is C18H24N6O3S. The van der Waals surface area contributed by atoms with Crippen LogP contribution in [0.25, 0.3) is 16.8 Å². The first-order valence-corrected chi connectivity index (χ1v) is 11.1. The molecule has 1 saturated carbocycles. The van der Waals surface area contributed by atoms with Crippen LogP contribution in [0.4, 0.5) is 0 Å². The highest BCUT2D eigenvalue weighted by molar-refractivity contribution is 7.90. The van der Waals surface area contributed by atoms with E-state index in [1.54, 1.807) is 12.4 Å². The molecule has 3 aromatic rings. The number of H-pyrrole nitrogens is 1. The highest BCUT2D eigenvalue weighted by Gasteiger charge is 2.35. The predicted molar refractivity (Wildman–Crippen MR) is 106 cm³/mol. The van der Waals surface area contributed by atoms with E-state index in [0.29, 0.717) is 18.2 Å². The molecule has 150 valence electrons. The maximum Gasteiger partial charge on any atom is 0.255 e. The van der Waals surface area contributed by atoms with Crippen molar-refractivity contribution in [3.8, 4) is 0 Å². The van der Waals surface area contributed by atoms with Gasteiger partial charge in [0.2, 0.25) is 0 Å². The number of hydrogen-bond donors (Lipinski definition) is 1. The van der Waals surface area contributed by atoms with Gasteiger partial charge in [0.25, 0.3) is 10.0 Å². The fourth-order valence-electron chi connectivity index (χ4n) is 3.96. The number of aromatic amines is 1. The zero-order valence-corrected chi connectivity index (χ0v) is 16.8. The Balaban J connectivity index is 1.54. The summed E-state index contributed by atoms with van der Waals surface area (Å²) in [6.07, 6.45) is 6.81. The monoisotopic (exact) mass is 404 g/mol. The fraction of sp³-hybridized carbons (Fsp3) is 0.556. The van der Waals surface area contributed by atoms with Crippen LogP contribution in [-0.2, 0) is 14.8 Å². The Labute approximate surface area is 163 Å². The van der Waals surface area contributed by atoms with E-state index in [4.69, 9.17) is 4.74 Å². The summed E-state index contributed by atoms with van der Waals surface area (Å²) in [5, 5.41) is 8.70. The normalized spacial score (nSPS) is 23.4. The van der Waals surface area contributed by atoms with Crippen molar-refractivity contribution in [2.45, 2.75) is 32.6 Å². The molecule has 4 rings (SSSR count). The molecule has 3 heterocycles. The molecule has 9 nitrogen and oxygen atoms in total. The first-order chi connectivity index (χ1) is 13.5. The van der Waals surface area contributed by atoms with Gasteiger partial charge in [0.05, 0.1) is 24.1 Å². The van der Waals surface area contributed by atoms with Crippen LogP contribution < -0.4 is 0 Å². The van der Waals surface area contributed by atoms with Gasteiger partial charge in [-0.3, -0.25) is 4.40 Å².